The Morgan fingerprint density at radius 3 is 2.16 bits per heavy atom. The van der Waals surface area contributed by atoms with E-state index in [1.165, 1.54) is 6.92 Å². The fourth-order valence-corrected chi connectivity index (χ4v) is 2.50. The summed E-state index contributed by atoms with van der Waals surface area (Å²) in [5.41, 5.74) is 0.838. The third-order valence-corrected chi connectivity index (χ3v) is 3.66. The lowest BCUT2D eigenvalue weighted by Gasteiger charge is -2.25. The first-order chi connectivity index (χ1) is 11.7. The highest BCUT2D eigenvalue weighted by atomic mass is 16.4. The van der Waals surface area contributed by atoms with Gasteiger partial charge in [-0.15, -0.1) is 0 Å². The Hall–Kier alpha value is -2.41. The number of carbonyl (C=O) groups excluding carboxylic acids is 2. The molecule has 1 unspecified atom stereocenters. The number of hydrogen-bond donors (Lipinski definition) is 4. The Labute approximate surface area is 147 Å². The molecule has 0 radical (unpaired) electrons. The number of amides is 2. The van der Waals surface area contributed by atoms with Crippen molar-refractivity contribution in [3.05, 3.63) is 35.9 Å². The maximum absolute atomic E-state index is 12.3. The van der Waals surface area contributed by atoms with Crippen molar-refractivity contribution in [1.29, 1.82) is 0 Å². The fourth-order valence-electron chi connectivity index (χ4n) is 2.50. The lowest BCUT2D eigenvalue weighted by atomic mass is 9.99. The number of carboxylic acid groups (broad SMARTS) is 1. The molecule has 0 spiro atoms. The first-order valence-corrected chi connectivity index (χ1v) is 8.23. The molecule has 3 atom stereocenters. The second kappa shape index (κ2) is 9.78. The number of aliphatic carboxylic acids is 1. The Bertz CT molecular complexity index is 588. The number of carboxylic acids is 1. The van der Waals surface area contributed by atoms with Gasteiger partial charge in [-0.2, -0.15) is 0 Å². The van der Waals surface area contributed by atoms with Crippen LogP contribution < -0.4 is 10.6 Å². The summed E-state index contributed by atoms with van der Waals surface area (Å²) in [5, 5.41) is 24.4. The molecule has 0 bridgehead atoms. The third-order valence-electron chi connectivity index (χ3n) is 3.66. The number of aliphatic hydroxyl groups excluding tert-OH is 1. The zero-order chi connectivity index (χ0) is 19.0. The number of aliphatic hydroxyl groups is 1. The average Bonchev–Trinajstić information content (AvgIpc) is 2.52. The van der Waals surface area contributed by atoms with E-state index < -0.39 is 30.1 Å². The molecule has 0 aliphatic rings. The minimum atomic E-state index is -1.56. The van der Waals surface area contributed by atoms with Crippen LogP contribution in [0.1, 0.15) is 32.8 Å². The highest BCUT2D eigenvalue weighted by Gasteiger charge is 2.30. The van der Waals surface area contributed by atoms with Gasteiger partial charge < -0.3 is 20.8 Å². The molecular weight excluding hydrogens is 324 g/mol. The summed E-state index contributed by atoms with van der Waals surface area (Å²) >= 11 is 0. The summed E-state index contributed by atoms with van der Waals surface area (Å²) in [6.45, 7) is 4.98. The summed E-state index contributed by atoms with van der Waals surface area (Å²) in [4.78, 5) is 34.9. The first-order valence-electron chi connectivity index (χ1n) is 8.23. The van der Waals surface area contributed by atoms with Crippen molar-refractivity contribution >= 4 is 17.8 Å². The summed E-state index contributed by atoms with van der Waals surface area (Å²) in [6, 6.07) is 7.16. The van der Waals surface area contributed by atoms with Crippen LogP contribution in [-0.2, 0) is 20.8 Å². The monoisotopic (exact) mass is 350 g/mol. The van der Waals surface area contributed by atoms with Crippen molar-refractivity contribution in [3.8, 4) is 0 Å². The van der Waals surface area contributed by atoms with Crippen molar-refractivity contribution in [2.45, 2.75) is 51.8 Å². The number of hydrogen-bond acceptors (Lipinski definition) is 4. The Morgan fingerprint density at radius 2 is 1.68 bits per heavy atom. The molecule has 1 aromatic carbocycles. The van der Waals surface area contributed by atoms with Crippen molar-refractivity contribution in [1.82, 2.24) is 10.6 Å². The molecule has 138 valence electrons. The quantitative estimate of drug-likeness (QED) is 0.523. The standard InChI is InChI=1S/C18H26N2O5/c1-11(2)9-15(18(24)25)20-17(23)16(22)14(19-12(3)21)10-13-7-5-4-6-8-13/h4-8,11,14-16,22H,9-10H2,1-3H3,(H,19,21)(H,20,23)(H,24,25)/t14-,15?,16-/m0/s1. The SMILES string of the molecule is CC(=O)N[C@@H](Cc1ccccc1)[C@H](O)C(=O)NC(CC(C)C)C(=O)O. The van der Waals surface area contributed by atoms with Gasteiger partial charge in [0.1, 0.15) is 6.04 Å². The maximum atomic E-state index is 12.3. The van der Waals surface area contributed by atoms with Gasteiger partial charge in [0.2, 0.25) is 5.91 Å². The number of rotatable bonds is 9. The average molecular weight is 350 g/mol. The highest BCUT2D eigenvalue weighted by Crippen LogP contribution is 2.09. The van der Waals surface area contributed by atoms with E-state index in [4.69, 9.17) is 0 Å². The molecule has 0 saturated heterocycles. The van der Waals surface area contributed by atoms with Gasteiger partial charge >= 0.3 is 5.97 Å². The topological polar surface area (TPSA) is 116 Å². The molecule has 0 aliphatic heterocycles. The first kappa shape index (κ1) is 20.6. The van der Waals surface area contributed by atoms with E-state index in [1.807, 2.05) is 44.2 Å². The molecule has 1 rings (SSSR count). The van der Waals surface area contributed by atoms with E-state index >= 15 is 0 Å². The van der Waals surface area contributed by atoms with E-state index in [-0.39, 0.29) is 24.7 Å². The Morgan fingerprint density at radius 1 is 1.08 bits per heavy atom. The van der Waals surface area contributed by atoms with Crippen molar-refractivity contribution < 1.29 is 24.6 Å². The lowest BCUT2D eigenvalue weighted by Crippen LogP contribution is -2.54. The van der Waals surface area contributed by atoms with Crippen LogP contribution >= 0.6 is 0 Å². The number of carbonyl (C=O) groups is 3. The van der Waals surface area contributed by atoms with Gasteiger partial charge in [0.25, 0.3) is 5.91 Å². The van der Waals surface area contributed by atoms with E-state index in [0.717, 1.165) is 5.56 Å². The van der Waals surface area contributed by atoms with Crippen LogP contribution in [0.4, 0.5) is 0 Å². The summed E-state index contributed by atoms with van der Waals surface area (Å²) in [6.07, 6.45) is -1.06. The molecule has 4 N–H and O–H groups in total. The Kier molecular flexibility index (Phi) is 8.07. The van der Waals surface area contributed by atoms with E-state index in [1.54, 1.807) is 0 Å². The summed E-state index contributed by atoms with van der Waals surface area (Å²) in [7, 11) is 0. The molecule has 0 aliphatic carbocycles. The minimum absolute atomic E-state index is 0.0639. The molecule has 2 amide bonds. The molecular formula is C18H26N2O5. The van der Waals surface area contributed by atoms with E-state index in [9.17, 15) is 24.6 Å². The van der Waals surface area contributed by atoms with Crippen molar-refractivity contribution in [2.24, 2.45) is 5.92 Å². The molecule has 0 heterocycles. The van der Waals surface area contributed by atoms with Crippen LogP contribution in [-0.4, -0.2) is 46.2 Å². The van der Waals surface area contributed by atoms with Gasteiger partial charge in [-0.1, -0.05) is 44.2 Å². The summed E-state index contributed by atoms with van der Waals surface area (Å²) in [5.74, 6) is -2.30. The van der Waals surface area contributed by atoms with Crippen LogP contribution in [0.5, 0.6) is 0 Å². The van der Waals surface area contributed by atoms with Crippen molar-refractivity contribution in [2.75, 3.05) is 0 Å². The smallest absolute Gasteiger partial charge is 0.326 e. The van der Waals surface area contributed by atoms with Gasteiger partial charge in [-0.3, -0.25) is 9.59 Å². The predicted molar refractivity (Wildman–Crippen MR) is 92.8 cm³/mol. The second-order valence-electron chi connectivity index (χ2n) is 6.47. The maximum Gasteiger partial charge on any atom is 0.326 e. The molecule has 0 fully saturated rings. The third kappa shape index (κ3) is 7.34. The lowest BCUT2D eigenvalue weighted by molar-refractivity contribution is -0.144. The van der Waals surface area contributed by atoms with Crippen LogP contribution in [0.2, 0.25) is 0 Å². The molecule has 7 heteroatoms. The predicted octanol–water partition coefficient (Wildman–Crippen LogP) is 0.710. The van der Waals surface area contributed by atoms with E-state index in [2.05, 4.69) is 10.6 Å². The van der Waals surface area contributed by atoms with Crippen LogP contribution in [0.3, 0.4) is 0 Å². The highest BCUT2D eigenvalue weighted by molar-refractivity contribution is 5.87. The molecule has 0 saturated carbocycles. The van der Waals surface area contributed by atoms with Gasteiger partial charge in [0.05, 0.1) is 6.04 Å². The molecule has 7 nitrogen and oxygen atoms in total. The number of benzene rings is 1. The second-order valence-corrected chi connectivity index (χ2v) is 6.47. The zero-order valence-corrected chi connectivity index (χ0v) is 14.7. The van der Waals surface area contributed by atoms with Gasteiger partial charge in [0.15, 0.2) is 6.10 Å². The van der Waals surface area contributed by atoms with Crippen molar-refractivity contribution in [3.63, 3.8) is 0 Å². The molecule has 1 aromatic rings. The number of nitrogens with one attached hydrogen (secondary N) is 2. The van der Waals surface area contributed by atoms with Gasteiger partial charge in [-0.25, -0.2) is 4.79 Å². The fraction of sp³-hybridized carbons (Fsp3) is 0.500. The normalized spacial score (nSPS) is 14.4. The minimum Gasteiger partial charge on any atom is -0.480 e. The molecule has 0 aromatic heterocycles. The van der Waals surface area contributed by atoms with Crippen LogP contribution in [0.25, 0.3) is 0 Å². The Balaban J connectivity index is 2.84. The van der Waals surface area contributed by atoms with Crippen LogP contribution in [0, 0.1) is 5.92 Å². The summed E-state index contributed by atoms with van der Waals surface area (Å²) < 4.78 is 0. The molecule has 25 heavy (non-hydrogen) atoms. The van der Waals surface area contributed by atoms with E-state index in [0.29, 0.717) is 0 Å². The zero-order valence-electron chi connectivity index (χ0n) is 14.7. The van der Waals surface area contributed by atoms with Gasteiger partial charge in [0, 0.05) is 6.92 Å². The van der Waals surface area contributed by atoms with Gasteiger partial charge in [-0.05, 0) is 24.3 Å². The van der Waals surface area contributed by atoms with Crippen LogP contribution in [0.15, 0.2) is 30.3 Å². The largest absolute Gasteiger partial charge is 0.480 e.